The zero-order valence-corrected chi connectivity index (χ0v) is 12.1. The van der Waals surface area contributed by atoms with E-state index in [2.05, 4.69) is 22.9 Å². The molecule has 0 aromatic heterocycles. The zero-order valence-electron chi connectivity index (χ0n) is 10.5. The van der Waals surface area contributed by atoms with Crippen molar-refractivity contribution < 1.29 is 4.74 Å². The Balaban J connectivity index is 2.15. The van der Waals surface area contributed by atoms with Gasteiger partial charge in [-0.2, -0.15) is 0 Å². The van der Waals surface area contributed by atoms with Crippen molar-refractivity contribution in [2.75, 3.05) is 12.3 Å². The molecular weight excluding hydrogens is 278 g/mol. The molecule has 1 rings (SSSR count). The fourth-order valence-electron chi connectivity index (χ4n) is 1.70. The maximum absolute atomic E-state index is 5.71. The van der Waals surface area contributed by atoms with Gasteiger partial charge in [0.1, 0.15) is 5.75 Å². The maximum Gasteiger partial charge on any atom is 0.135 e. The van der Waals surface area contributed by atoms with Crippen molar-refractivity contribution in [2.45, 2.75) is 45.4 Å². The fourth-order valence-corrected chi connectivity index (χ4v) is 2.06. The molecule has 0 radical (unpaired) electrons. The minimum atomic E-state index is 0.742. The van der Waals surface area contributed by atoms with Crippen LogP contribution in [-0.2, 0) is 0 Å². The van der Waals surface area contributed by atoms with E-state index in [0.29, 0.717) is 0 Å². The Bertz CT molecular complexity index is 328. The molecule has 96 valence electrons. The number of hydrogen-bond donors (Lipinski definition) is 1. The summed E-state index contributed by atoms with van der Waals surface area (Å²) in [5.74, 6) is 0.846. The standard InChI is InChI=1S/C14H22BrNO/c1-2-3-4-5-6-7-10-17-14-11-12(16)8-9-13(14)15/h8-9,11H,2-7,10,16H2,1H3. The highest BCUT2D eigenvalue weighted by Gasteiger charge is 2.01. The molecule has 0 aliphatic rings. The largest absolute Gasteiger partial charge is 0.492 e. The lowest BCUT2D eigenvalue weighted by atomic mass is 10.1. The lowest BCUT2D eigenvalue weighted by molar-refractivity contribution is 0.303. The first-order valence-corrected chi connectivity index (χ1v) is 7.21. The average Bonchev–Trinajstić information content (AvgIpc) is 2.32. The van der Waals surface area contributed by atoms with Gasteiger partial charge in [-0.1, -0.05) is 39.0 Å². The summed E-state index contributed by atoms with van der Waals surface area (Å²) in [6.45, 7) is 3.01. The van der Waals surface area contributed by atoms with Gasteiger partial charge in [0.25, 0.3) is 0 Å². The summed E-state index contributed by atoms with van der Waals surface area (Å²) in [5.41, 5.74) is 6.45. The Labute approximate surface area is 113 Å². The smallest absolute Gasteiger partial charge is 0.135 e. The van der Waals surface area contributed by atoms with E-state index in [1.54, 1.807) is 0 Å². The van der Waals surface area contributed by atoms with Gasteiger partial charge in [0.15, 0.2) is 0 Å². The van der Waals surface area contributed by atoms with Crippen LogP contribution < -0.4 is 10.5 Å². The van der Waals surface area contributed by atoms with E-state index in [0.717, 1.165) is 28.9 Å². The van der Waals surface area contributed by atoms with Crippen molar-refractivity contribution >= 4 is 21.6 Å². The molecule has 3 heteroatoms. The van der Waals surface area contributed by atoms with Gasteiger partial charge < -0.3 is 10.5 Å². The van der Waals surface area contributed by atoms with E-state index in [-0.39, 0.29) is 0 Å². The summed E-state index contributed by atoms with van der Waals surface area (Å²) in [6.07, 6.45) is 7.67. The Morgan fingerprint density at radius 3 is 2.59 bits per heavy atom. The number of rotatable bonds is 8. The molecule has 0 heterocycles. The van der Waals surface area contributed by atoms with Crippen molar-refractivity contribution in [3.8, 4) is 5.75 Å². The van der Waals surface area contributed by atoms with Crippen molar-refractivity contribution in [1.29, 1.82) is 0 Å². The van der Waals surface area contributed by atoms with Crippen LogP contribution in [0.25, 0.3) is 0 Å². The van der Waals surface area contributed by atoms with Crippen LogP contribution in [-0.4, -0.2) is 6.61 Å². The van der Waals surface area contributed by atoms with Gasteiger partial charge in [0, 0.05) is 11.8 Å². The number of anilines is 1. The predicted octanol–water partition coefficient (Wildman–Crippen LogP) is 4.77. The van der Waals surface area contributed by atoms with Gasteiger partial charge >= 0.3 is 0 Å². The molecule has 0 saturated carbocycles. The fraction of sp³-hybridized carbons (Fsp3) is 0.571. The number of benzene rings is 1. The maximum atomic E-state index is 5.71. The van der Waals surface area contributed by atoms with Crippen molar-refractivity contribution in [2.24, 2.45) is 0 Å². The van der Waals surface area contributed by atoms with Gasteiger partial charge in [-0.15, -0.1) is 0 Å². The van der Waals surface area contributed by atoms with Gasteiger partial charge in [0.2, 0.25) is 0 Å². The molecule has 17 heavy (non-hydrogen) atoms. The van der Waals surface area contributed by atoms with Gasteiger partial charge in [-0.3, -0.25) is 0 Å². The SMILES string of the molecule is CCCCCCCCOc1cc(N)ccc1Br. The molecule has 0 amide bonds. The monoisotopic (exact) mass is 299 g/mol. The highest BCUT2D eigenvalue weighted by Crippen LogP contribution is 2.27. The molecule has 0 unspecified atom stereocenters. The van der Waals surface area contributed by atoms with Crippen molar-refractivity contribution in [3.63, 3.8) is 0 Å². The molecule has 2 N–H and O–H groups in total. The molecule has 0 spiro atoms. The quantitative estimate of drug-likeness (QED) is 0.554. The van der Waals surface area contributed by atoms with Crippen LogP contribution in [0.15, 0.2) is 22.7 Å². The number of nitrogens with two attached hydrogens (primary N) is 1. The highest BCUT2D eigenvalue weighted by molar-refractivity contribution is 9.10. The van der Waals surface area contributed by atoms with Gasteiger partial charge in [0.05, 0.1) is 11.1 Å². The summed E-state index contributed by atoms with van der Waals surface area (Å²) < 4.78 is 6.67. The lowest BCUT2D eigenvalue weighted by Gasteiger charge is -2.08. The van der Waals surface area contributed by atoms with Crippen molar-refractivity contribution in [1.82, 2.24) is 0 Å². The number of nitrogen functional groups attached to an aromatic ring is 1. The van der Waals surface area contributed by atoms with Crippen LogP contribution in [0.3, 0.4) is 0 Å². The van der Waals surface area contributed by atoms with Gasteiger partial charge in [-0.05, 0) is 34.5 Å². The van der Waals surface area contributed by atoms with E-state index < -0.39 is 0 Å². The average molecular weight is 300 g/mol. The molecule has 0 saturated heterocycles. The van der Waals surface area contributed by atoms with E-state index >= 15 is 0 Å². The molecule has 0 fully saturated rings. The molecule has 1 aromatic carbocycles. The number of halogens is 1. The van der Waals surface area contributed by atoms with Crippen molar-refractivity contribution in [3.05, 3.63) is 22.7 Å². The van der Waals surface area contributed by atoms with E-state index in [9.17, 15) is 0 Å². The first kappa shape index (κ1) is 14.4. The van der Waals surface area contributed by atoms with E-state index in [1.807, 2.05) is 18.2 Å². The zero-order chi connectivity index (χ0) is 12.5. The first-order chi connectivity index (χ1) is 8.24. The summed E-state index contributed by atoms with van der Waals surface area (Å²) in [6, 6.07) is 5.65. The molecule has 0 aliphatic carbocycles. The minimum Gasteiger partial charge on any atom is -0.492 e. The second kappa shape index (κ2) is 8.40. The highest BCUT2D eigenvalue weighted by atomic mass is 79.9. The lowest BCUT2D eigenvalue weighted by Crippen LogP contribution is -1.98. The Morgan fingerprint density at radius 2 is 1.82 bits per heavy atom. The van der Waals surface area contributed by atoms with Crippen LogP contribution >= 0.6 is 15.9 Å². The molecular formula is C14H22BrNO. The molecule has 1 aromatic rings. The third-order valence-electron chi connectivity index (χ3n) is 2.71. The topological polar surface area (TPSA) is 35.2 Å². The third-order valence-corrected chi connectivity index (χ3v) is 3.37. The van der Waals surface area contributed by atoms with E-state index in [4.69, 9.17) is 10.5 Å². The minimum absolute atomic E-state index is 0.742. The summed E-state index contributed by atoms with van der Waals surface area (Å²) in [7, 11) is 0. The summed E-state index contributed by atoms with van der Waals surface area (Å²) in [4.78, 5) is 0. The molecule has 0 atom stereocenters. The summed E-state index contributed by atoms with van der Waals surface area (Å²) >= 11 is 3.45. The van der Waals surface area contributed by atoms with E-state index in [1.165, 1.54) is 32.1 Å². The number of unbranched alkanes of at least 4 members (excludes halogenated alkanes) is 5. The molecule has 0 aliphatic heterocycles. The Hall–Kier alpha value is -0.700. The number of hydrogen-bond acceptors (Lipinski definition) is 2. The Kier molecular flexibility index (Phi) is 7.10. The second-order valence-electron chi connectivity index (χ2n) is 4.31. The van der Waals surface area contributed by atoms with Crippen LogP contribution in [0.2, 0.25) is 0 Å². The first-order valence-electron chi connectivity index (χ1n) is 6.42. The van der Waals surface area contributed by atoms with Crippen LogP contribution in [0.5, 0.6) is 5.75 Å². The predicted molar refractivity (Wildman–Crippen MR) is 77.4 cm³/mol. The molecule has 2 nitrogen and oxygen atoms in total. The Morgan fingerprint density at radius 1 is 1.12 bits per heavy atom. The normalized spacial score (nSPS) is 10.5. The van der Waals surface area contributed by atoms with Crippen LogP contribution in [0.1, 0.15) is 45.4 Å². The van der Waals surface area contributed by atoms with Crippen LogP contribution in [0.4, 0.5) is 5.69 Å². The third kappa shape index (κ3) is 5.97. The number of ether oxygens (including phenoxy) is 1. The summed E-state index contributed by atoms with van der Waals surface area (Å²) in [5, 5.41) is 0. The molecule has 0 bridgehead atoms. The second-order valence-corrected chi connectivity index (χ2v) is 5.16. The van der Waals surface area contributed by atoms with Crippen LogP contribution in [0, 0.1) is 0 Å². The van der Waals surface area contributed by atoms with Gasteiger partial charge in [-0.25, -0.2) is 0 Å².